The molecule has 0 atom stereocenters. The first-order chi connectivity index (χ1) is 19.8. The Morgan fingerprint density at radius 1 is 1.07 bits per heavy atom. The number of carboxylic acid groups (broad SMARTS) is 1. The summed E-state index contributed by atoms with van der Waals surface area (Å²) < 4.78 is 19.8. The van der Waals surface area contributed by atoms with E-state index in [0.29, 0.717) is 42.4 Å². The van der Waals surface area contributed by atoms with Crippen molar-refractivity contribution in [3.63, 3.8) is 0 Å². The van der Waals surface area contributed by atoms with E-state index in [0.717, 1.165) is 62.2 Å². The average Bonchev–Trinajstić information content (AvgIpc) is 3.80. The normalized spacial score (nSPS) is 17.9. The van der Waals surface area contributed by atoms with Gasteiger partial charge in [0.15, 0.2) is 0 Å². The molecule has 3 aromatic rings. The van der Waals surface area contributed by atoms with Gasteiger partial charge in [-0.25, -0.2) is 9.18 Å². The molecule has 41 heavy (non-hydrogen) atoms. The van der Waals surface area contributed by atoms with Crippen LogP contribution in [0.3, 0.4) is 0 Å². The number of aryl methyl sites for hydroxylation is 1. The summed E-state index contributed by atoms with van der Waals surface area (Å²) in [7, 11) is 0. The van der Waals surface area contributed by atoms with Crippen molar-refractivity contribution in [1.29, 1.82) is 0 Å². The molecular weight excluding hydrogens is 521 g/mol. The summed E-state index contributed by atoms with van der Waals surface area (Å²) in [5.74, 6) is -0.0408. The maximum atomic E-state index is 13.7. The number of hydrogen-bond donors (Lipinski definition) is 1. The molecule has 3 heterocycles. The minimum atomic E-state index is -1.06. The largest absolute Gasteiger partial charge is 0.493 e. The smallest absolute Gasteiger partial charge is 0.337 e. The molecular formula is C33H36FN3O4. The molecule has 3 aliphatic rings. The molecule has 2 aromatic carbocycles. The molecule has 1 aliphatic carbocycles. The second-order valence-electron chi connectivity index (χ2n) is 11.4. The Balaban J connectivity index is 1.16. The SMILES string of the molecule is CCOc1cc(CN2CCC(N3CCc4nc(C)c(C(=O)O)cc4C3=O)CC2)cc(C2CC2)c1-c1ccc(F)cc1. The van der Waals surface area contributed by atoms with Gasteiger partial charge in [0.05, 0.1) is 29.1 Å². The molecule has 8 heteroatoms. The maximum Gasteiger partial charge on any atom is 0.337 e. The highest BCUT2D eigenvalue weighted by atomic mass is 19.1. The Kier molecular flexibility index (Phi) is 7.51. The van der Waals surface area contributed by atoms with Gasteiger partial charge in [0.1, 0.15) is 11.6 Å². The first-order valence-corrected chi connectivity index (χ1v) is 14.6. The van der Waals surface area contributed by atoms with Crippen molar-refractivity contribution in [1.82, 2.24) is 14.8 Å². The molecule has 0 bridgehead atoms. The first kappa shape index (κ1) is 27.4. The molecule has 0 unspecified atom stereocenters. The number of likely N-dealkylation sites (tertiary alicyclic amines) is 1. The highest BCUT2D eigenvalue weighted by Gasteiger charge is 2.34. The van der Waals surface area contributed by atoms with Crippen molar-refractivity contribution in [2.75, 3.05) is 26.2 Å². The lowest BCUT2D eigenvalue weighted by Crippen LogP contribution is -2.50. The van der Waals surface area contributed by atoms with Gasteiger partial charge >= 0.3 is 5.97 Å². The van der Waals surface area contributed by atoms with Crippen LogP contribution in [0.4, 0.5) is 4.39 Å². The lowest BCUT2D eigenvalue weighted by molar-refractivity contribution is 0.0543. The number of amides is 1. The van der Waals surface area contributed by atoms with E-state index in [1.807, 2.05) is 24.0 Å². The van der Waals surface area contributed by atoms with E-state index in [1.165, 1.54) is 29.3 Å². The Morgan fingerprint density at radius 3 is 2.46 bits per heavy atom. The summed E-state index contributed by atoms with van der Waals surface area (Å²) in [5.41, 5.74) is 6.24. The van der Waals surface area contributed by atoms with Crippen LogP contribution >= 0.6 is 0 Å². The fourth-order valence-electron chi connectivity index (χ4n) is 6.42. The predicted molar refractivity (Wildman–Crippen MR) is 154 cm³/mol. The van der Waals surface area contributed by atoms with Crippen LogP contribution in [0.1, 0.15) is 81.8 Å². The van der Waals surface area contributed by atoms with Crippen LogP contribution in [-0.2, 0) is 13.0 Å². The quantitative estimate of drug-likeness (QED) is 0.375. The third kappa shape index (κ3) is 5.58. The van der Waals surface area contributed by atoms with Gasteiger partial charge in [0.2, 0.25) is 0 Å². The summed E-state index contributed by atoms with van der Waals surface area (Å²) in [6.45, 7) is 7.39. The third-order valence-corrected chi connectivity index (χ3v) is 8.65. The Bertz CT molecular complexity index is 1480. The number of carboxylic acids is 1. The number of aromatic carboxylic acids is 1. The van der Waals surface area contributed by atoms with Gasteiger partial charge < -0.3 is 14.7 Å². The van der Waals surface area contributed by atoms with Crippen LogP contribution in [0.5, 0.6) is 5.75 Å². The zero-order valence-corrected chi connectivity index (χ0v) is 23.7. The minimum Gasteiger partial charge on any atom is -0.493 e. The number of carbonyl (C=O) groups excluding carboxylic acids is 1. The predicted octanol–water partition coefficient (Wildman–Crippen LogP) is 5.83. The standard InChI is InChI=1S/C33H36FN3O4/c1-3-41-30-17-21(16-27(22-4-5-22)31(30)23-6-8-24(34)9-7-23)19-36-13-10-25(11-14-36)37-15-12-29-28(32(37)38)18-26(33(39)40)20(2)35-29/h6-9,16-18,22,25H,3-5,10-15,19H2,1-2H3,(H,39,40). The lowest BCUT2D eigenvalue weighted by Gasteiger charge is -2.40. The number of aromatic nitrogens is 1. The number of ether oxygens (including phenoxy) is 1. The van der Waals surface area contributed by atoms with Gasteiger partial charge in [-0.15, -0.1) is 0 Å². The van der Waals surface area contributed by atoms with E-state index in [1.54, 1.807) is 6.92 Å². The van der Waals surface area contributed by atoms with Gasteiger partial charge in [0, 0.05) is 44.2 Å². The summed E-state index contributed by atoms with van der Waals surface area (Å²) in [4.78, 5) is 33.8. The van der Waals surface area contributed by atoms with E-state index < -0.39 is 5.97 Å². The van der Waals surface area contributed by atoms with Gasteiger partial charge in [0.25, 0.3) is 5.91 Å². The summed E-state index contributed by atoms with van der Waals surface area (Å²) in [6, 6.07) is 12.8. The van der Waals surface area contributed by atoms with Gasteiger partial charge in [-0.3, -0.25) is 14.7 Å². The van der Waals surface area contributed by atoms with Crippen molar-refractivity contribution in [3.8, 4) is 16.9 Å². The molecule has 1 aromatic heterocycles. The van der Waals surface area contributed by atoms with Crippen molar-refractivity contribution in [2.24, 2.45) is 0 Å². The molecule has 1 saturated carbocycles. The van der Waals surface area contributed by atoms with E-state index in [4.69, 9.17) is 4.74 Å². The van der Waals surface area contributed by atoms with Crippen LogP contribution in [0.2, 0.25) is 0 Å². The molecule has 214 valence electrons. The van der Waals surface area contributed by atoms with Crippen LogP contribution in [0, 0.1) is 12.7 Å². The molecule has 0 radical (unpaired) electrons. The van der Waals surface area contributed by atoms with Crippen molar-refractivity contribution in [3.05, 3.63) is 81.9 Å². The second-order valence-corrected chi connectivity index (χ2v) is 11.4. The molecule has 2 aliphatic heterocycles. The average molecular weight is 558 g/mol. The van der Waals surface area contributed by atoms with Crippen LogP contribution in [0.15, 0.2) is 42.5 Å². The topological polar surface area (TPSA) is 83.0 Å². The summed E-state index contributed by atoms with van der Waals surface area (Å²) in [6.07, 6.45) is 4.70. The number of pyridine rings is 1. The molecule has 6 rings (SSSR count). The van der Waals surface area contributed by atoms with Gasteiger partial charge in [-0.2, -0.15) is 0 Å². The molecule has 1 saturated heterocycles. The monoisotopic (exact) mass is 557 g/mol. The molecule has 1 amide bonds. The highest BCUT2D eigenvalue weighted by molar-refractivity contribution is 5.99. The molecule has 7 nitrogen and oxygen atoms in total. The number of benzene rings is 2. The summed E-state index contributed by atoms with van der Waals surface area (Å²) in [5, 5.41) is 9.51. The summed E-state index contributed by atoms with van der Waals surface area (Å²) >= 11 is 0. The van der Waals surface area contributed by atoms with Gasteiger partial charge in [-0.05, 0) is 86.4 Å². The number of nitrogens with zero attached hydrogens (tertiary/aromatic N) is 3. The lowest BCUT2D eigenvalue weighted by atomic mass is 9.92. The van der Waals surface area contributed by atoms with Crippen LogP contribution in [-0.4, -0.2) is 64.0 Å². The fraction of sp³-hybridized carbons (Fsp3) is 0.424. The van der Waals surface area contributed by atoms with E-state index in [2.05, 4.69) is 22.0 Å². The number of hydrogen-bond acceptors (Lipinski definition) is 5. The maximum absolute atomic E-state index is 13.7. The van der Waals surface area contributed by atoms with E-state index >= 15 is 0 Å². The van der Waals surface area contributed by atoms with Crippen molar-refractivity contribution in [2.45, 2.75) is 64.5 Å². The van der Waals surface area contributed by atoms with Crippen LogP contribution < -0.4 is 4.74 Å². The van der Waals surface area contributed by atoms with Crippen LogP contribution in [0.25, 0.3) is 11.1 Å². The molecule has 2 fully saturated rings. The Hall–Kier alpha value is -3.78. The minimum absolute atomic E-state index is 0.0937. The van der Waals surface area contributed by atoms with Crippen molar-refractivity contribution >= 4 is 11.9 Å². The van der Waals surface area contributed by atoms with Gasteiger partial charge in [-0.1, -0.05) is 18.2 Å². The molecule has 0 spiro atoms. The zero-order chi connectivity index (χ0) is 28.7. The number of fused-ring (bicyclic) bond motifs is 1. The van der Waals surface area contributed by atoms with E-state index in [9.17, 15) is 19.1 Å². The number of halogens is 1. The number of carbonyl (C=O) groups is 2. The first-order valence-electron chi connectivity index (χ1n) is 14.6. The fourth-order valence-corrected chi connectivity index (χ4v) is 6.42. The Labute approximate surface area is 240 Å². The van der Waals surface area contributed by atoms with Crippen molar-refractivity contribution < 1.29 is 23.8 Å². The second kappa shape index (κ2) is 11.2. The Morgan fingerprint density at radius 2 is 1.80 bits per heavy atom. The molecule has 1 N–H and O–H groups in total. The zero-order valence-electron chi connectivity index (χ0n) is 23.7. The third-order valence-electron chi connectivity index (χ3n) is 8.65. The number of piperidine rings is 1. The number of rotatable bonds is 8. The van der Waals surface area contributed by atoms with E-state index in [-0.39, 0.29) is 23.3 Å². The highest BCUT2D eigenvalue weighted by Crippen LogP contribution is 2.48.